The van der Waals surface area contributed by atoms with Crippen molar-refractivity contribution in [2.75, 3.05) is 0 Å². The zero-order valence-electron chi connectivity index (χ0n) is 6.61. The van der Waals surface area contributed by atoms with Crippen LogP contribution in [0.1, 0.15) is 24.0 Å². The van der Waals surface area contributed by atoms with Crippen LogP contribution in [0.2, 0.25) is 0 Å². The van der Waals surface area contributed by atoms with Crippen LogP contribution in [0.5, 0.6) is 0 Å². The van der Waals surface area contributed by atoms with E-state index in [-0.39, 0.29) is 11.8 Å². The van der Waals surface area contributed by atoms with Gasteiger partial charge >= 0.3 is 5.97 Å². The Bertz CT molecular complexity index is 320. The number of hydrogen-bond acceptors (Lipinski definition) is 3. The highest BCUT2D eigenvalue weighted by Crippen LogP contribution is 2.45. The first-order valence-corrected chi connectivity index (χ1v) is 3.80. The predicted octanol–water partition coefficient (Wildman–Crippen LogP) is 0.301. The molecule has 0 unspecified atom stereocenters. The van der Waals surface area contributed by atoms with Crippen molar-refractivity contribution >= 4 is 5.97 Å². The lowest BCUT2D eigenvalue weighted by atomic mass is 10.3. The molecule has 1 aliphatic carbocycles. The summed E-state index contributed by atoms with van der Waals surface area (Å²) in [6.07, 6.45) is 0.684. The molecule has 5 nitrogen and oxygen atoms in total. The van der Waals surface area contributed by atoms with Crippen LogP contribution >= 0.6 is 0 Å². The molecule has 0 amide bonds. The largest absolute Gasteiger partial charge is 0.481 e. The van der Waals surface area contributed by atoms with Gasteiger partial charge in [0.1, 0.15) is 11.6 Å². The van der Waals surface area contributed by atoms with Crippen LogP contribution in [0.15, 0.2) is 0 Å². The SMILES string of the molecule is Cc1n[nH]c([C@H]2C[C@H]2C(=O)O)n1. The van der Waals surface area contributed by atoms with Gasteiger partial charge in [-0.05, 0) is 13.3 Å². The van der Waals surface area contributed by atoms with E-state index in [9.17, 15) is 4.79 Å². The molecule has 12 heavy (non-hydrogen) atoms. The average molecular weight is 167 g/mol. The van der Waals surface area contributed by atoms with E-state index in [1.54, 1.807) is 6.92 Å². The standard InChI is InChI=1S/C7H9N3O2/c1-3-8-6(10-9-3)4-2-5(4)7(11)12/h4-5H,2H2,1H3,(H,11,12)(H,8,9,10)/t4-,5+/m0/s1. The number of aryl methyl sites for hydroxylation is 1. The van der Waals surface area contributed by atoms with E-state index in [1.165, 1.54) is 0 Å². The predicted molar refractivity (Wildman–Crippen MR) is 39.6 cm³/mol. The number of carboxylic acids is 1. The van der Waals surface area contributed by atoms with Crippen molar-refractivity contribution in [1.82, 2.24) is 15.2 Å². The summed E-state index contributed by atoms with van der Waals surface area (Å²) >= 11 is 0. The second kappa shape index (κ2) is 2.30. The molecular formula is C7H9N3O2. The minimum absolute atomic E-state index is 0.0590. The van der Waals surface area contributed by atoms with Gasteiger partial charge in [-0.25, -0.2) is 4.98 Å². The molecular weight excluding hydrogens is 158 g/mol. The summed E-state index contributed by atoms with van der Waals surface area (Å²) < 4.78 is 0. The summed E-state index contributed by atoms with van der Waals surface area (Å²) in [5.41, 5.74) is 0. The molecule has 1 aromatic rings. The van der Waals surface area contributed by atoms with Crippen molar-refractivity contribution in [3.05, 3.63) is 11.6 Å². The first-order chi connectivity index (χ1) is 5.68. The maximum atomic E-state index is 10.5. The number of H-pyrrole nitrogens is 1. The van der Waals surface area contributed by atoms with E-state index in [0.717, 1.165) is 0 Å². The highest BCUT2D eigenvalue weighted by atomic mass is 16.4. The minimum atomic E-state index is -0.742. The fraction of sp³-hybridized carbons (Fsp3) is 0.571. The van der Waals surface area contributed by atoms with Crippen molar-refractivity contribution < 1.29 is 9.90 Å². The number of aromatic amines is 1. The van der Waals surface area contributed by atoms with Crippen molar-refractivity contribution in [3.63, 3.8) is 0 Å². The van der Waals surface area contributed by atoms with Crippen LogP contribution < -0.4 is 0 Å². The van der Waals surface area contributed by atoms with Crippen LogP contribution in [-0.2, 0) is 4.79 Å². The fourth-order valence-corrected chi connectivity index (χ4v) is 1.30. The first-order valence-electron chi connectivity index (χ1n) is 3.80. The highest BCUT2D eigenvalue weighted by Gasteiger charge is 2.46. The van der Waals surface area contributed by atoms with E-state index in [2.05, 4.69) is 15.2 Å². The molecule has 1 aromatic heterocycles. The van der Waals surface area contributed by atoms with Gasteiger partial charge in [0.05, 0.1) is 5.92 Å². The lowest BCUT2D eigenvalue weighted by Gasteiger charge is -1.88. The second-order valence-corrected chi connectivity index (χ2v) is 3.05. The molecule has 0 saturated heterocycles. The minimum Gasteiger partial charge on any atom is -0.481 e. The Morgan fingerprint density at radius 1 is 1.75 bits per heavy atom. The van der Waals surface area contributed by atoms with Gasteiger partial charge in [-0.3, -0.25) is 9.89 Å². The lowest BCUT2D eigenvalue weighted by molar-refractivity contribution is -0.138. The highest BCUT2D eigenvalue weighted by molar-refractivity contribution is 5.74. The molecule has 0 spiro atoms. The number of aromatic nitrogens is 3. The van der Waals surface area contributed by atoms with Crippen LogP contribution in [-0.4, -0.2) is 26.3 Å². The summed E-state index contributed by atoms with van der Waals surface area (Å²) in [4.78, 5) is 14.6. The second-order valence-electron chi connectivity index (χ2n) is 3.05. The van der Waals surface area contributed by atoms with Crippen LogP contribution in [0.4, 0.5) is 0 Å². The van der Waals surface area contributed by atoms with Gasteiger partial charge in [0, 0.05) is 5.92 Å². The number of nitrogens with one attached hydrogen (secondary N) is 1. The molecule has 1 heterocycles. The Labute approximate surface area is 68.8 Å². The Morgan fingerprint density at radius 2 is 2.50 bits per heavy atom. The van der Waals surface area contributed by atoms with Crippen molar-refractivity contribution in [3.8, 4) is 0 Å². The van der Waals surface area contributed by atoms with E-state index >= 15 is 0 Å². The molecule has 0 bridgehead atoms. The van der Waals surface area contributed by atoms with Gasteiger partial charge in [-0.1, -0.05) is 0 Å². The van der Waals surface area contributed by atoms with Crippen molar-refractivity contribution in [2.45, 2.75) is 19.3 Å². The van der Waals surface area contributed by atoms with Gasteiger partial charge < -0.3 is 5.11 Å². The van der Waals surface area contributed by atoms with Gasteiger partial charge in [0.25, 0.3) is 0 Å². The zero-order chi connectivity index (χ0) is 8.72. The zero-order valence-corrected chi connectivity index (χ0v) is 6.61. The van der Waals surface area contributed by atoms with Gasteiger partial charge in [0.2, 0.25) is 0 Å². The Hall–Kier alpha value is -1.39. The quantitative estimate of drug-likeness (QED) is 0.664. The molecule has 1 saturated carbocycles. The van der Waals surface area contributed by atoms with Crippen molar-refractivity contribution in [2.24, 2.45) is 5.92 Å². The maximum Gasteiger partial charge on any atom is 0.307 e. The van der Waals surface area contributed by atoms with Crippen LogP contribution in [0, 0.1) is 12.8 Å². The maximum absolute atomic E-state index is 10.5. The van der Waals surface area contributed by atoms with E-state index in [1.807, 2.05) is 0 Å². The number of aliphatic carboxylic acids is 1. The molecule has 0 aliphatic heterocycles. The topological polar surface area (TPSA) is 78.9 Å². The molecule has 1 fully saturated rings. The molecule has 2 atom stereocenters. The smallest absolute Gasteiger partial charge is 0.307 e. The third-order valence-electron chi connectivity index (χ3n) is 2.07. The first kappa shape index (κ1) is 7.27. The third-order valence-corrected chi connectivity index (χ3v) is 2.07. The summed E-state index contributed by atoms with van der Waals surface area (Å²) in [6.45, 7) is 1.78. The number of carboxylic acid groups (broad SMARTS) is 1. The summed E-state index contributed by atoms with van der Waals surface area (Å²) in [5.74, 6) is 0.441. The molecule has 64 valence electrons. The van der Waals surface area contributed by atoms with Gasteiger partial charge in [0.15, 0.2) is 0 Å². The van der Waals surface area contributed by atoms with Gasteiger partial charge in [-0.15, -0.1) is 0 Å². The molecule has 2 rings (SSSR count). The summed E-state index contributed by atoms with van der Waals surface area (Å²) in [7, 11) is 0. The molecule has 2 N–H and O–H groups in total. The van der Waals surface area contributed by atoms with Gasteiger partial charge in [-0.2, -0.15) is 5.10 Å². The Morgan fingerprint density at radius 3 is 2.92 bits per heavy atom. The number of carbonyl (C=O) groups is 1. The summed E-state index contributed by atoms with van der Waals surface area (Å²) in [6, 6.07) is 0. The van der Waals surface area contributed by atoms with E-state index in [0.29, 0.717) is 18.1 Å². The average Bonchev–Trinajstić information content (AvgIpc) is 2.70. The third kappa shape index (κ3) is 1.07. The van der Waals surface area contributed by atoms with Crippen LogP contribution in [0.3, 0.4) is 0 Å². The Kier molecular flexibility index (Phi) is 1.39. The fourth-order valence-electron chi connectivity index (χ4n) is 1.30. The van der Waals surface area contributed by atoms with Crippen molar-refractivity contribution in [1.29, 1.82) is 0 Å². The van der Waals surface area contributed by atoms with Crippen LogP contribution in [0.25, 0.3) is 0 Å². The molecule has 0 aromatic carbocycles. The van der Waals surface area contributed by atoms with E-state index in [4.69, 9.17) is 5.11 Å². The summed E-state index contributed by atoms with van der Waals surface area (Å²) in [5, 5.41) is 15.2. The molecule has 0 radical (unpaired) electrons. The number of nitrogens with zero attached hydrogens (tertiary/aromatic N) is 2. The normalized spacial score (nSPS) is 27.1. The molecule has 5 heteroatoms. The Balaban J connectivity index is 2.10. The monoisotopic (exact) mass is 167 g/mol. The molecule has 1 aliphatic rings. The number of hydrogen-bond donors (Lipinski definition) is 2. The lowest BCUT2D eigenvalue weighted by Crippen LogP contribution is -1.99. The number of rotatable bonds is 2. The van der Waals surface area contributed by atoms with E-state index < -0.39 is 5.97 Å².